The van der Waals surface area contributed by atoms with Crippen LogP contribution in [0.5, 0.6) is 0 Å². The van der Waals surface area contributed by atoms with Crippen molar-refractivity contribution in [1.29, 1.82) is 0 Å². The van der Waals surface area contributed by atoms with Crippen molar-refractivity contribution in [2.24, 2.45) is 0 Å². The third-order valence-corrected chi connectivity index (χ3v) is 17.2. The Labute approximate surface area is 562 Å². The Kier molecular flexibility index (Phi) is 42.8. The highest BCUT2D eigenvalue weighted by Crippen LogP contribution is 2.36. The fourth-order valence-electron chi connectivity index (χ4n) is 11.3. The van der Waals surface area contributed by atoms with Crippen molar-refractivity contribution in [3.8, 4) is 0 Å². The van der Waals surface area contributed by atoms with Crippen molar-refractivity contribution in [3.63, 3.8) is 0 Å². The van der Waals surface area contributed by atoms with Crippen LogP contribution in [-0.4, -0.2) is 297 Å². The van der Waals surface area contributed by atoms with Crippen LogP contribution in [0.4, 0.5) is 0 Å². The van der Waals surface area contributed by atoms with E-state index in [0.717, 1.165) is 51.6 Å². The van der Waals surface area contributed by atoms with Crippen LogP contribution in [0.2, 0.25) is 0 Å². The molecule has 0 aromatic carbocycles. The van der Waals surface area contributed by atoms with Crippen LogP contribution in [0.15, 0.2) is 0 Å². The lowest BCUT2D eigenvalue weighted by atomic mass is 9.97. The molecule has 3 heterocycles. The van der Waals surface area contributed by atoms with Gasteiger partial charge in [-0.05, 0) is 64.2 Å². The van der Waals surface area contributed by atoms with Crippen LogP contribution in [0.25, 0.3) is 0 Å². The van der Waals surface area contributed by atoms with Gasteiger partial charge < -0.3 is 125 Å². The summed E-state index contributed by atoms with van der Waals surface area (Å²) in [4.78, 5) is 101. The minimum absolute atomic E-state index is 0.108. The number of rotatable bonds is 50. The summed E-state index contributed by atoms with van der Waals surface area (Å²) in [6, 6.07) is -3.12. The number of unbranched alkanes of at least 4 members (excludes halogenated alkanes) is 13. The number of aliphatic hydroxyl groups excluding tert-OH is 10. The summed E-state index contributed by atoms with van der Waals surface area (Å²) in [5.74, 6) is -2.59. The van der Waals surface area contributed by atoms with E-state index in [1.807, 2.05) is 0 Å². The summed E-state index contributed by atoms with van der Waals surface area (Å²) in [5.41, 5.74) is 0. The number of hydrogen-bond donors (Lipinski definition) is 16. The van der Waals surface area contributed by atoms with Crippen molar-refractivity contribution in [2.75, 3.05) is 92.2 Å². The molecule has 8 unspecified atom stereocenters. The quantitative estimate of drug-likeness (QED) is 0.0222. The molecule has 3 aliphatic rings. The van der Waals surface area contributed by atoms with Gasteiger partial charge in [-0.15, -0.1) is 0 Å². The Morgan fingerprint density at radius 1 is 0.448 bits per heavy atom. The van der Waals surface area contributed by atoms with Crippen molar-refractivity contribution < 1.29 is 127 Å². The van der Waals surface area contributed by atoms with Gasteiger partial charge in [-0.25, -0.2) is 0 Å². The molecule has 0 aromatic rings. The molecule has 0 aromatic heterocycles. The van der Waals surface area contributed by atoms with Crippen LogP contribution in [0, 0.1) is 0 Å². The summed E-state index contributed by atoms with van der Waals surface area (Å²) < 4.78 is 50.9. The van der Waals surface area contributed by atoms with E-state index in [-0.39, 0.29) is 76.4 Å². The maximum Gasteiger partial charge on any atom is 0.325 e. The van der Waals surface area contributed by atoms with E-state index >= 15 is 0 Å². The van der Waals surface area contributed by atoms with Gasteiger partial charge in [0, 0.05) is 106 Å². The van der Waals surface area contributed by atoms with Gasteiger partial charge in [0.05, 0.1) is 26.4 Å². The Morgan fingerprint density at radius 2 is 0.760 bits per heavy atom. The minimum atomic E-state index is -4.04. The third kappa shape index (κ3) is 33.3. The van der Waals surface area contributed by atoms with Gasteiger partial charge >= 0.3 is 7.60 Å². The first-order valence-electron chi connectivity index (χ1n) is 34.0. The Hall–Kier alpha value is -4.20. The number of carbonyl (C=O) groups is 7. The fourth-order valence-corrected chi connectivity index (χ4v) is 11.7. The van der Waals surface area contributed by atoms with Crippen LogP contribution in [0.3, 0.4) is 0 Å². The fraction of sp³-hybridized carbons (Fsp3) is 0.887. The molecule has 7 amide bonds. The minimum Gasteiger partial charge on any atom is -0.394 e. The van der Waals surface area contributed by atoms with Crippen molar-refractivity contribution in [2.45, 2.75) is 260 Å². The molecule has 3 saturated heterocycles. The first kappa shape index (κ1) is 86.0. The molecular weight excluding hydrogens is 1290 g/mol. The molecule has 96 heavy (non-hydrogen) atoms. The lowest BCUT2D eigenvalue weighted by Crippen LogP contribution is -2.64. The van der Waals surface area contributed by atoms with Crippen LogP contribution < -0.4 is 26.6 Å². The molecule has 3 fully saturated rings. The molecule has 558 valence electrons. The molecule has 34 heteroatoms. The maximum atomic E-state index is 13.8. The molecule has 0 bridgehead atoms. The average molecular weight is 1400 g/mol. The highest BCUT2D eigenvalue weighted by atomic mass is 31.2. The lowest BCUT2D eigenvalue weighted by Gasteiger charge is -2.42. The second kappa shape index (κ2) is 47.8. The third-order valence-electron chi connectivity index (χ3n) is 16.6. The smallest absolute Gasteiger partial charge is 0.325 e. The van der Waals surface area contributed by atoms with Crippen LogP contribution >= 0.6 is 7.60 Å². The normalized spacial score (nSPS) is 26.8. The monoisotopic (exact) mass is 1400 g/mol. The molecule has 33 nitrogen and oxygen atoms in total. The predicted octanol–water partition coefficient (Wildman–Crippen LogP) is -2.47. The highest BCUT2D eigenvalue weighted by Gasteiger charge is 2.48. The first-order chi connectivity index (χ1) is 45.7. The van der Waals surface area contributed by atoms with E-state index in [4.69, 9.17) is 32.9 Å². The lowest BCUT2D eigenvalue weighted by molar-refractivity contribution is -0.270. The largest absolute Gasteiger partial charge is 0.394 e. The molecule has 3 rings (SSSR count). The molecule has 3 aliphatic heterocycles. The van der Waals surface area contributed by atoms with Crippen LogP contribution in [0.1, 0.15) is 162 Å². The zero-order valence-corrected chi connectivity index (χ0v) is 57.3. The Bertz CT molecular complexity index is 2300. The summed E-state index contributed by atoms with van der Waals surface area (Å²) in [6.07, 6.45) is -4.23. The summed E-state index contributed by atoms with van der Waals surface area (Å²) in [5, 5.41) is 115. The highest BCUT2D eigenvalue weighted by molar-refractivity contribution is 7.51. The summed E-state index contributed by atoms with van der Waals surface area (Å²) in [6.45, 7) is 4.27. The maximum absolute atomic E-state index is 13.8. The predicted molar refractivity (Wildman–Crippen MR) is 342 cm³/mol. The number of nitrogens with zero attached hydrogens (tertiary/aromatic N) is 2. The average Bonchev–Trinajstić information content (AvgIpc) is 0.832. The number of carbonyl (C=O) groups excluding carboxylic acids is 7. The number of ether oxygens (including phenoxy) is 6. The van der Waals surface area contributed by atoms with Crippen molar-refractivity contribution in [1.82, 2.24) is 36.4 Å². The number of hydrogen-bond acceptors (Lipinski definition) is 25. The summed E-state index contributed by atoms with van der Waals surface area (Å²) in [7, 11) is -4.04. The molecule has 0 spiro atoms. The van der Waals surface area contributed by atoms with Gasteiger partial charge in [0.25, 0.3) is 5.91 Å². The SMILES string of the molecule is CC(=O)NC1[C@H](OCCCCCCCC(=O)NCCCN(CCCCN(CCCNC(=O)CCCCCCCO[C@@H]2OC(CO)[C@H](O)[C@H](O)C2NC(C)=O)C(=O)C(O)COP(C)(=O)O)C(=O)CCCCCCCO[C@@H]2OC(CO)[C@H](O)[C@H](O)C2NC(C)=O)OC(CO)[C@H](O)[C@@H]1O. The molecule has 17 atom stereocenters. The zero-order valence-electron chi connectivity index (χ0n) is 56.4. The Balaban J connectivity index is 1.49. The molecule has 0 saturated carbocycles. The first-order valence-corrected chi connectivity index (χ1v) is 36.0. The second-order valence-corrected chi connectivity index (χ2v) is 26.8. The van der Waals surface area contributed by atoms with Gasteiger partial charge in [0.1, 0.15) is 73.1 Å². The van der Waals surface area contributed by atoms with E-state index in [9.17, 15) is 94.1 Å². The van der Waals surface area contributed by atoms with Gasteiger partial charge in [-0.3, -0.25) is 38.1 Å². The van der Waals surface area contributed by atoms with E-state index < -0.39 is 156 Å². The zero-order chi connectivity index (χ0) is 71.2. The van der Waals surface area contributed by atoms with Crippen LogP contribution in [-0.2, 0) is 71.1 Å². The molecule has 16 N–H and O–H groups in total. The van der Waals surface area contributed by atoms with Gasteiger partial charge in [0.2, 0.25) is 35.4 Å². The van der Waals surface area contributed by atoms with E-state index in [1.165, 1.54) is 25.7 Å². The molecule has 0 radical (unpaired) electrons. The molecular formula is C62H114N7O26P. The number of amides is 7. The van der Waals surface area contributed by atoms with Gasteiger partial charge in [-0.2, -0.15) is 0 Å². The van der Waals surface area contributed by atoms with Crippen molar-refractivity contribution >= 4 is 48.9 Å². The molecule has 0 aliphatic carbocycles. The van der Waals surface area contributed by atoms with E-state index in [1.54, 1.807) is 4.90 Å². The van der Waals surface area contributed by atoms with E-state index in [2.05, 4.69) is 26.6 Å². The summed E-state index contributed by atoms with van der Waals surface area (Å²) >= 11 is 0. The van der Waals surface area contributed by atoms with Gasteiger partial charge in [0.15, 0.2) is 25.0 Å². The standard InChI is InChI=1S/C62H114N7O26P/c1-40(73)65-50-56(83)53(80)44(36-70)93-60(50)89-33-19-11-5-8-14-24-47(77)63-27-22-31-68(49(79)26-16-10-7-13-21-35-91-62-52(67-42(3)75)58(85)55(82)46(38-72)95-62)29-17-18-30-69(59(86)43(76)39-92-96(4,87)88)32-23-28-64-48(78)25-15-9-6-12-20-34-90-61-51(66-41(2)74)57(84)54(81)45(37-71)94-61/h43-46,50-58,60-62,70-72,76,80-85H,5-39H2,1-4H3,(H,63,77)(H,64,78)(H,65,73)(H,66,74)(H,67,75)(H,87,88)/t43?,44?,45?,46?,50?,51?,52?,53-,54-,55-,56+,57+,58+,60+,61+,62+/m0/s1. The van der Waals surface area contributed by atoms with Gasteiger partial charge in [-0.1, -0.05) is 57.8 Å². The second-order valence-electron chi connectivity index (χ2n) is 24.9. The topological polar surface area (TPSA) is 490 Å². The Morgan fingerprint density at radius 3 is 1.10 bits per heavy atom. The number of nitrogens with one attached hydrogen (secondary N) is 5. The van der Waals surface area contributed by atoms with Crippen molar-refractivity contribution in [3.05, 3.63) is 0 Å². The number of aliphatic hydroxyl groups is 10. The van der Waals surface area contributed by atoms with E-state index in [0.29, 0.717) is 96.7 Å².